The van der Waals surface area contributed by atoms with Crippen LogP contribution in [0.4, 0.5) is 5.69 Å². The van der Waals surface area contributed by atoms with Crippen LogP contribution in [0.3, 0.4) is 0 Å². The zero-order valence-electron chi connectivity index (χ0n) is 9.90. The minimum Gasteiger partial charge on any atom is -0.320 e. The smallest absolute Gasteiger partial charge is 0.274 e. The maximum Gasteiger partial charge on any atom is 0.274 e. The van der Waals surface area contributed by atoms with Crippen molar-refractivity contribution >= 4 is 11.6 Å². The van der Waals surface area contributed by atoms with E-state index in [9.17, 15) is 4.79 Å². The Bertz CT molecular complexity index is 535. The van der Waals surface area contributed by atoms with Crippen LogP contribution in [0, 0.1) is 13.8 Å². The molecule has 17 heavy (non-hydrogen) atoms. The first-order valence-corrected chi connectivity index (χ1v) is 5.47. The number of nitrogens with one attached hydrogen (secondary N) is 1. The SMILES string of the molecule is Cc1cccc(NC(=O)c2ccccn2)c1C. The van der Waals surface area contributed by atoms with E-state index in [1.807, 2.05) is 32.0 Å². The van der Waals surface area contributed by atoms with E-state index < -0.39 is 0 Å². The van der Waals surface area contributed by atoms with Gasteiger partial charge in [-0.1, -0.05) is 18.2 Å². The largest absolute Gasteiger partial charge is 0.320 e. The van der Waals surface area contributed by atoms with Crippen LogP contribution in [-0.4, -0.2) is 10.9 Å². The third kappa shape index (κ3) is 2.50. The Morgan fingerprint density at radius 3 is 2.65 bits per heavy atom. The number of anilines is 1. The number of carbonyl (C=O) groups is 1. The van der Waals surface area contributed by atoms with Crippen molar-refractivity contribution in [1.29, 1.82) is 0 Å². The summed E-state index contributed by atoms with van der Waals surface area (Å²) in [5.74, 6) is -0.181. The van der Waals surface area contributed by atoms with Gasteiger partial charge in [-0.25, -0.2) is 0 Å². The van der Waals surface area contributed by atoms with E-state index in [0.717, 1.165) is 16.8 Å². The summed E-state index contributed by atoms with van der Waals surface area (Å²) in [6, 6.07) is 11.1. The average Bonchev–Trinajstić information content (AvgIpc) is 2.36. The number of aromatic nitrogens is 1. The predicted molar refractivity (Wildman–Crippen MR) is 68.1 cm³/mol. The number of nitrogens with zero attached hydrogens (tertiary/aromatic N) is 1. The average molecular weight is 226 g/mol. The minimum absolute atomic E-state index is 0.181. The molecule has 0 spiro atoms. The zero-order chi connectivity index (χ0) is 12.3. The third-order valence-electron chi connectivity index (χ3n) is 2.75. The molecule has 0 unspecified atom stereocenters. The van der Waals surface area contributed by atoms with E-state index in [1.165, 1.54) is 0 Å². The Kier molecular flexibility index (Phi) is 3.19. The minimum atomic E-state index is -0.181. The van der Waals surface area contributed by atoms with E-state index in [1.54, 1.807) is 24.4 Å². The van der Waals surface area contributed by atoms with Crippen molar-refractivity contribution < 1.29 is 4.79 Å². The summed E-state index contributed by atoms with van der Waals surface area (Å²) in [4.78, 5) is 15.9. The molecule has 1 aromatic heterocycles. The highest BCUT2D eigenvalue weighted by Gasteiger charge is 2.08. The summed E-state index contributed by atoms with van der Waals surface area (Å²) >= 11 is 0. The predicted octanol–water partition coefficient (Wildman–Crippen LogP) is 2.95. The molecule has 0 saturated heterocycles. The molecule has 0 fully saturated rings. The van der Waals surface area contributed by atoms with Crippen LogP contribution < -0.4 is 5.32 Å². The normalized spacial score (nSPS) is 10.0. The van der Waals surface area contributed by atoms with Gasteiger partial charge in [0.05, 0.1) is 0 Å². The highest BCUT2D eigenvalue weighted by atomic mass is 16.1. The van der Waals surface area contributed by atoms with Crippen LogP contribution >= 0.6 is 0 Å². The first-order chi connectivity index (χ1) is 8.18. The molecule has 1 N–H and O–H groups in total. The Morgan fingerprint density at radius 2 is 1.94 bits per heavy atom. The van der Waals surface area contributed by atoms with E-state index in [0.29, 0.717) is 5.69 Å². The summed E-state index contributed by atoms with van der Waals surface area (Å²) in [5.41, 5.74) is 3.50. The van der Waals surface area contributed by atoms with Crippen molar-refractivity contribution in [3.05, 3.63) is 59.4 Å². The van der Waals surface area contributed by atoms with E-state index in [2.05, 4.69) is 10.3 Å². The van der Waals surface area contributed by atoms with Crippen molar-refractivity contribution in [3.8, 4) is 0 Å². The first-order valence-electron chi connectivity index (χ1n) is 5.47. The number of pyridine rings is 1. The lowest BCUT2D eigenvalue weighted by molar-refractivity contribution is 0.102. The fourth-order valence-electron chi connectivity index (χ4n) is 1.57. The van der Waals surface area contributed by atoms with Crippen LogP contribution in [0.1, 0.15) is 21.6 Å². The standard InChI is InChI=1S/C14H14N2O/c1-10-6-5-8-12(11(10)2)16-14(17)13-7-3-4-9-15-13/h3-9H,1-2H3,(H,16,17). The molecule has 0 aliphatic carbocycles. The molecule has 0 saturated carbocycles. The number of hydrogen-bond donors (Lipinski definition) is 1. The molecular formula is C14H14N2O. The van der Waals surface area contributed by atoms with Gasteiger partial charge < -0.3 is 5.32 Å². The molecule has 2 rings (SSSR count). The van der Waals surface area contributed by atoms with Gasteiger partial charge in [-0.2, -0.15) is 0 Å². The van der Waals surface area contributed by atoms with Gasteiger partial charge in [0, 0.05) is 11.9 Å². The van der Waals surface area contributed by atoms with Gasteiger partial charge in [-0.15, -0.1) is 0 Å². The summed E-state index contributed by atoms with van der Waals surface area (Å²) in [7, 11) is 0. The maximum absolute atomic E-state index is 11.9. The first kappa shape index (κ1) is 11.3. The van der Waals surface area contributed by atoms with Gasteiger partial charge in [0.25, 0.3) is 5.91 Å². The Balaban J connectivity index is 2.22. The highest BCUT2D eigenvalue weighted by molar-refractivity contribution is 6.03. The Morgan fingerprint density at radius 1 is 1.12 bits per heavy atom. The van der Waals surface area contributed by atoms with Gasteiger partial charge >= 0.3 is 0 Å². The van der Waals surface area contributed by atoms with E-state index in [4.69, 9.17) is 0 Å². The van der Waals surface area contributed by atoms with Crippen molar-refractivity contribution in [3.63, 3.8) is 0 Å². The summed E-state index contributed by atoms with van der Waals surface area (Å²) in [5, 5.41) is 2.87. The van der Waals surface area contributed by atoms with Crippen molar-refractivity contribution in [2.75, 3.05) is 5.32 Å². The highest BCUT2D eigenvalue weighted by Crippen LogP contribution is 2.18. The second-order valence-electron chi connectivity index (χ2n) is 3.92. The van der Waals surface area contributed by atoms with Gasteiger partial charge in [0.15, 0.2) is 0 Å². The summed E-state index contributed by atoms with van der Waals surface area (Å²) in [6.07, 6.45) is 1.61. The molecule has 86 valence electrons. The monoisotopic (exact) mass is 226 g/mol. The van der Waals surface area contributed by atoms with Crippen LogP contribution in [-0.2, 0) is 0 Å². The number of aryl methyl sites for hydroxylation is 1. The van der Waals surface area contributed by atoms with Crippen molar-refractivity contribution in [2.24, 2.45) is 0 Å². The lowest BCUT2D eigenvalue weighted by atomic mass is 10.1. The number of hydrogen-bond acceptors (Lipinski definition) is 2. The molecule has 0 aliphatic heterocycles. The van der Waals surface area contributed by atoms with Crippen LogP contribution in [0.2, 0.25) is 0 Å². The fourth-order valence-corrected chi connectivity index (χ4v) is 1.57. The van der Waals surface area contributed by atoms with Crippen molar-refractivity contribution in [2.45, 2.75) is 13.8 Å². The number of rotatable bonds is 2. The fraction of sp³-hybridized carbons (Fsp3) is 0.143. The lowest BCUT2D eigenvalue weighted by Gasteiger charge is -2.09. The summed E-state index contributed by atoms with van der Waals surface area (Å²) in [6.45, 7) is 4.01. The molecule has 2 aromatic rings. The van der Waals surface area contributed by atoms with E-state index in [-0.39, 0.29) is 5.91 Å². The summed E-state index contributed by atoms with van der Waals surface area (Å²) < 4.78 is 0. The molecule has 0 aliphatic rings. The van der Waals surface area contributed by atoms with Crippen molar-refractivity contribution in [1.82, 2.24) is 4.98 Å². The van der Waals surface area contributed by atoms with Crippen LogP contribution in [0.15, 0.2) is 42.6 Å². The maximum atomic E-state index is 11.9. The molecule has 0 bridgehead atoms. The molecule has 3 nitrogen and oxygen atoms in total. The third-order valence-corrected chi connectivity index (χ3v) is 2.75. The molecule has 0 atom stereocenters. The Labute approximate surface area is 101 Å². The molecular weight excluding hydrogens is 212 g/mol. The van der Waals surface area contributed by atoms with Crippen LogP contribution in [0.25, 0.3) is 0 Å². The second kappa shape index (κ2) is 4.78. The van der Waals surface area contributed by atoms with Gasteiger partial charge in [0.2, 0.25) is 0 Å². The molecule has 0 radical (unpaired) electrons. The molecule has 3 heteroatoms. The Hall–Kier alpha value is -2.16. The van der Waals surface area contributed by atoms with Gasteiger partial charge in [0.1, 0.15) is 5.69 Å². The number of carbonyl (C=O) groups excluding carboxylic acids is 1. The topological polar surface area (TPSA) is 42.0 Å². The molecule has 1 aromatic carbocycles. The second-order valence-corrected chi connectivity index (χ2v) is 3.92. The molecule has 1 amide bonds. The van der Waals surface area contributed by atoms with E-state index >= 15 is 0 Å². The van der Waals surface area contributed by atoms with Gasteiger partial charge in [-0.05, 0) is 43.2 Å². The van der Waals surface area contributed by atoms with Gasteiger partial charge in [-0.3, -0.25) is 9.78 Å². The number of benzene rings is 1. The quantitative estimate of drug-likeness (QED) is 0.855. The molecule has 1 heterocycles. The zero-order valence-corrected chi connectivity index (χ0v) is 9.90. The lowest BCUT2D eigenvalue weighted by Crippen LogP contribution is -2.14. The van der Waals surface area contributed by atoms with Crippen LogP contribution in [0.5, 0.6) is 0 Å². The number of amides is 1.